The normalized spacial score (nSPS) is 9.90. The fourth-order valence-corrected chi connectivity index (χ4v) is 2.36. The number of carbonyl (C=O) groups excluding carboxylic acids is 1. The van der Waals surface area contributed by atoms with Gasteiger partial charge in [-0.2, -0.15) is 0 Å². The van der Waals surface area contributed by atoms with Crippen LogP contribution in [-0.4, -0.2) is 17.6 Å². The summed E-state index contributed by atoms with van der Waals surface area (Å²) in [5.41, 5.74) is 0.0308. The van der Waals surface area contributed by atoms with Crippen LogP contribution in [-0.2, 0) is 0 Å². The van der Waals surface area contributed by atoms with Gasteiger partial charge in [0, 0.05) is 5.38 Å². The largest absolute Gasteiger partial charge is 0.384 e. The molecule has 1 heterocycles. The first-order valence-corrected chi connectivity index (χ1v) is 6.85. The molecule has 2 aromatic rings. The van der Waals surface area contributed by atoms with Crippen LogP contribution >= 0.6 is 11.3 Å². The summed E-state index contributed by atoms with van der Waals surface area (Å²) in [7, 11) is 0. The Labute approximate surface area is 124 Å². The molecular formula is C15H11F2NO2S. The minimum Gasteiger partial charge on any atom is -0.384 e. The summed E-state index contributed by atoms with van der Waals surface area (Å²) in [5.74, 6) is 2.87. The van der Waals surface area contributed by atoms with E-state index in [4.69, 9.17) is 5.11 Å². The molecule has 0 fully saturated rings. The highest BCUT2D eigenvalue weighted by atomic mass is 32.1. The number of anilines is 1. The molecule has 1 aromatic heterocycles. The molecule has 0 unspecified atom stereocenters. The minimum absolute atomic E-state index is 0.242. The number of nitrogens with one attached hydrogen (secondary N) is 1. The number of hydrogen-bond acceptors (Lipinski definition) is 3. The number of carbonyl (C=O) groups is 1. The SMILES string of the molecule is Cc1ccc(F)c(NC(=O)c2csc(C#CCO)c2)c1F. The van der Waals surface area contributed by atoms with Crippen molar-refractivity contribution in [3.8, 4) is 11.8 Å². The summed E-state index contributed by atoms with van der Waals surface area (Å²) in [6, 6.07) is 3.89. The first kappa shape index (κ1) is 15.2. The van der Waals surface area contributed by atoms with Crippen LogP contribution in [0.5, 0.6) is 0 Å². The number of rotatable bonds is 2. The maximum atomic E-state index is 13.8. The Hall–Kier alpha value is -2.23. The number of thiophene rings is 1. The van der Waals surface area contributed by atoms with Crippen LogP contribution in [0.4, 0.5) is 14.5 Å². The van der Waals surface area contributed by atoms with E-state index in [0.29, 0.717) is 4.88 Å². The highest BCUT2D eigenvalue weighted by Crippen LogP contribution is 2.23. The molecular weight excluding hydrogens is 296 g/mol. The molecule has 0 aliphatic carbocycles. The van der Waals surface area contributed by atoms with E-state index in [1.165, 1.54) is 35.8 Å². The van der Waals surface area contributed by atoms with Crippen molar-refractivity contribution >= 4 is 22.9 Å². The van der Waals surface area contributed by atoms with Gasteiger partial charge in [0.1, 0.15) is 18.1 Å². The molecule has 1 amide bonds. The van der Waals surface area contributed by atoms with Crippen molar-refractivity contribution in [1.29, 1.82) is 0 Å². The zero-order valence-corrected chi connectivity index (χ0v) is 11.9. The van der Waals surface area contributed by atoms with E-state index in [2.05, 4.69) is 17.2 Å². The zero-order valence-electron chi connectivity index (χ0n) is 11.0. The molecule has 0 spiro atoms. The zero-order chi connectivity index (χ0) is 15.4. The molecule has 0 atom stereocenters. The maximum Gasteiger partial charge on any atom is 0.256 e. The molecule has 108 valence electrons. The molecule has 6 heteroatoms. The fourth-order valence-electron chi connectivity index (χ4n) is 1.60. The summed E-state index contributed by atoms with van der Waals surface area (Å²) in [4.78, 5) is 12.6. The predicted octanol–water partition coefficient (Wildman–Crippen LogP) is 2.93. The highest BCUT2D eigenvalue weighted by Gasteiger charge is 2.16. The van der Waals surface area contributed by atoms with Gasteiger partial charge in [-0.3, -0.25) is 4.79 Å². The Bertz CT molecular complexity index is 744. The third-order valence-electron chi connectivity index (χ3n) is 2.68. The number of hydrogen-bond donors (Lipinski definition) is 2. The second kappa shape index (κ2) is 6.48. The molecule has 21 heavy (non-hydrogen) atoms. The number of amides is 1. The lowest BCUT2D eigenvalue weighted by molar-refractivity contribution is 0.102. The first-order chi connectivity index (χ1) is 10.0. The monoisotopic (exact) mass is 307 g/mol. The summed E-state index contributed by atoms with van der Waals surface area (Å²) < 4.78 is 27.4. The molecule has 0 aliphatic heterocycles. The Balaban J connectivity index is 2.22. The second-order valence-corrected chi connectivity index (χ2v) is 5.08. The lowest BCUT2D eigenvalue weighted by atomic mass is 10.2. The molecule has 1 aromatic carbocycles. The van der Waals surface area contributed by atoms with Gasteiger partial charge in [-0.25, -0.2) is 8.78 Å². The lowest BCUT2D eigenvalue weighted by Crippen LogP contribution is -2.14. The molecule has 2 rings (SSSR count). The van der Waals surface area contributed by atoms with Gasteiger partial charge in [0.25, 0.3) is 5.91 Å². The van der Waals surface area contributed by atoms with Crippen LogP contribution in [0.2, 0.25) is 0 Å². The molecule has 0 radical (unpaired) electrons. The van der Waals surface area contributed by atoms with Gasteiger partial charge < -0.3 is 10.4 Å². The van der Waals surface area contributed by atoms with Gasteiger partial charge in [0.2, 0.25) is 0 Å². The number of aryl methyl sites for hydroxylation is 1. The van der Waals surface area contributed by atoms with E-state index < -0.39 is 23.2 Å². The topological polar surface area (TPSA) is 49.3 Å². The van der Waals surface area contributed by atoms with Gasteiger partial charge >= 0.3 is 0 Å². The van der Waals surface area contributed by atoms with Gasteiger partial charge in [-0.15, -0.1) is 11.3 Å². The predicted molar refractivity (Wildman–Crippen MR) is 77.3 cm³/mol. The van der Waals surface area contributed by atoms with Crippen LogP contribution in [0.15, 0.2) is 23.6 Å². The van der Waals surface area contributed by atoms with Crippen LogP contribution < -0.4 is 5.32 Å². The van der Waals surface area contributed by atoms with E-state index >= 15 is 0 Å². The van der Waals surface area contributed by atoms with E-state index in [-0.39, 0.29) is 17.7 Å². The maximum absolute atomic E-state index is 13.8. The quantitative estimate of drug-likeness (QED) is 0.838. The lowest BCUT2D eigenvalue weighted by Gasteiger charge is -2.08. The van der Waals surface area contributed by atoms with E-state index in [1.807, 2.05) is 0 Å². The molecule has 0 aliphatic rings. The van der Waals surface area contributed by atoms with Crippen LogP contribution in [0.25, 0.3) is 0 Å². The van der Waals surface area contributed by atoms with Crippen molar-refractivity contribution < 1.29 is 18.7 Å². The van der Waals surface area contributed by atoms with Crippen molar-refractivity contribution in [2.45, 2.75) is 6.92 Å². The average molecular weight is 307 g/mol. The summed E-state index contributed by atoms with van der Waals surface area (Å²) in [6.07, 6.45) is 0. The molecule has 0 saturated heterocycles. The number of aliphatic hydroxyl groups is 1. The number of halogens is 2. The second-order valence-electron chi connectivity index (χ2n) is 4.17. The Morgan fingerprint density at radius 2 is 2.19 bits per heavy atom. The van der Waals surface area contributed by atoms with E-state index in [0.717, 1.165) is 6.07 Å². The third kappa shape index (κ3) is 3.45. The van der Waals surface area contributed by atoms with Crippen LogP contribution in [0.3, 0.4) is 0 Å². The minimum atomic E-state index is -0.832. The average Bonchev–Trinajstić information content (AvgIpc) is 2.94. The Morgan fingerprint density at radius 1 is 1.43 bits per heavy atom. The summed E-state index contributed by atoms with van der Waals surface area (Å²) in [6.45, 7) is 1.21. The van der Waals surface area contributed by atoms with Crippen LogP contribution in [0.1, 0.15) is 20.8 Å². The molecule has 3 nitrogen and oxygen atoms in total. The Morgan fingerprint density at radius 3 is 2.90 bits per heavy atom. The molecule has 0 bridgehead atoms. The number of aliphatic hydroxyl groups excluding tert-OH is 1. The van der Waals surface area contributed by atoms with E-state index in [9.17, 15) is 13.6 Å². The summed E-state index contributed by atoms with van der Waals surface area (Å²) >= 11 is 1.21. The smallest absolute Gasteiger partial charge is 0.256 e. The van der Waals surface area contributed by atoms with Crippen molar-refractivity contribution in [2.24, 2.45) is 0 Å². The highest BCUT2D eigenvalue weighted by molar-refractivity contribution is 7.10. The number of benzene rings is 1. The first-order valence-electron chi connectivity index (χ1n) is 5.97. The van der Waals surface area contributed by atoms with E-state index in [1.54, 1.807) is 0 Å². The standard InChI is InChI=1S/C15H11F2NO2S/c1-9-4-5-12(16)14(13(9)17)18-15(20)10-7-11(21-8-10)3-2-6-19/h4-5,7-8,19H,6H2,1H3,(H,18,20). The van der Waals surface area contributed by atoms with Gasteiger partial charge in [0.15, 0.2) is 5.82 Å². The fraction of sp³-hybridized carbons (Fsp3) is 0.133. The third-order valence-corrected chi connectivity index (χ3v) is 3.52. The van der Waals surface area contributed by atoms with Crippen molar-refractivity contribution in [2.75, 3.05) is 11.9 Å². The molecule has 2 N–H and O–H groups in total. The van der Waals surface area contributed by atoms with Crippen LogP contribution in [0, 0.1) is 30.4 Å². The molecule has 0 saturated carbocycles. The van der Waals surface area contributed by atoms with Gasteiger partial charge in [0.05, 0.1) is 10.4 Å². The van der Waals surface area contributed by atoms with Gasteiger partial charge in [-0.1, -0.05) is 17.9 Å². The summed E-state index contributed by atoms with van der Waals surface area (Å²) in [5, 5.41) is 12.3. The van der Waals surface area contributed by atoms with Crippen molar-refractivity contribution in [3.63, 3.8) is 0 Å². The Kier molecular flexibility index (Phi) is 4.68. The van der Waals surface area contributed by atoms with Crippen molar-refractivity contribution in [1.82, 2.24) is 0 Å². The van der Waals surface area contributed by atoms with Gasteiger partial charge in [-0.05, 0) is 24.6 Å². The van der Waals surface area contributed by atoms with Crippen molar-refractivity contribution in [3.05, 3.63) is 51.2 Å².